The predicted molar refractivity (Wildman–Crippen MR) is 43.6 cm³/mol. The summed E-state index contributed by atoms with van der Waals surface area (Å²) < 4.78 is 12.5. The molecular weight excluding hydrogens is 173 g/mol. The first kappa shape index (κ1) is 7.91. The molecule has 0 bridgehead atoms. The normalized spacial score (nSPS) is 15.5. The number of hydrogen-bond acceptors (Lipinski definition) is 3. The molecule has 0 N–H and O–H groups in total. The van der Waals surface area contributed by atoms with Crippen molar-refractivity contribution in [3.63, 3.8) is 0 Å². The average Bonchev–Trinajstić information content (AvgIpc) is 2.53. The Morgan fingerprint density at radius 1 is 1.31 bits per heavy atom. The minimum absolute atomic E-state index is 0.158. The van der Waals surface area contributed by atoms with Gasteiger partial charge in [-0.25, -0.2) is 9.18 Å². The SMILES string of the molecule is O=C1CC(c2ccc(F)cc2)=NO1. The second kappa shape index (κ2) is 2.97. The number of halogens is 1. The molecule has 1 aliphatic heterocycles. The second-order valence-electron chi connectivity index (χ2n) is 2.68. The van der Waals surface area contributed by atoms with Crippen LogP contribution in [-0.2, 0) is 9.63 Å². The highest BCUT2D eigenvalue weighted by Gasteiger charge is 2.18. The predicted octanol–water partition coefficient (Wildman–Crippen LogP) is 1.48. The van der Waals surface area contributed by atoms with Crippen molar-refractivity contribution in [2.75, 3.05) is 0 Å². The summed E-state index contributed by atoms with van der Waals surface area (Å²) in [6.45, 7) is 0. The summed E-state index contributed by atoms with van der Waals surface area (Å²) in [7, 11) is 0. The summed E-state index contributed by atoms with van der Waals surface area (Å²) in [5, 5.41) is 3.56. The summed E-state index contributed by atoms with van der Waals surface area (Å²) in [6.07, 6.45) is 0.158. The van der Waals surface area contributed by atoms with E-state index in [0.717, 1.165) is 0 Å². The fourth-order valence-electron chi connectivity index (χ4n) is 1.10. The van der Waals surface area contributed by atoms with Crippen LogP contribution in [0.2, 0.25) is 0 Å². The van der Waals surface area contributed by atoms with Crippen LogP contribution in [0, 0.1) is 5.82 Å². The van der Waals surface area contributed by atoms with Crippen LogP contribution in [0.25, 0.3) is 0 Å². The van der Waals surface area contributed by atoms with Gasteiger partial charge in [0.1, 0.15) is 5.82 Å². The van der Waals surface area contributed by atoms with Gasteiger partial charge in [0, 0.05) is 5.56 Å². The van der Waals surface area contributed by atoms with Gasteiger partial charge in [-0.15, -0.1) is 0 Å². The lowest BCUT2D eigenvalue weighted by atomic mass is 10.1. The summed E-state index contributed by atoms with van der Waals surface area (Å²) in [5.41, 5.74) is 1.26. The van der Waals surface area contributed by atoms with Crippen molar-refractivity contribution >= 4 is 11.7 Å². The Bertz CT molecular complexity index is 370. The van der Waals surface area contributed by atoms with E-state index in [9.17, 15) is 9.18 Å². The topological polar surface area (TPSA) is 38.7 Å². The van der Waals surface area contributed by atoms with Crippen LogP contribution in [0.5, 0.6) is 0 Å². The van der Waals surface area contributed by atoms with Gasteiger partial charge in [0.25, 0.3) is 0 Å². The van der Waals surface area contributed by atoms with Gasteiger partial charge in [-0.3, -0.25) is 0 Å². The molecule has 0 aliphatic carbocycles. The van der Waals surface area contributed by atoms with Crippen molar-refractivity contribution < 1.29 is 14.0 Å². The van der Waals surface area contributed by atoms with Crippen LogP contribution < -0.4 is 0 Å². The molecule has 1 aromatic carbocycles. The molecule has 0 fully saturated rings. The Kier molecular flexibility index (Phi) is 1.81. The van der Waals surface area contributed by atoms with Crippen LogP contribution in [0.3, 0.4) is 0 Å². The molecule has 1 aromatic rings. The number of carbonyl (C=O) groups excluding carboxylic acids is 1. The summed E-state index contributed by atoms with van der Waals surface area (Å²) >= 11 is 0. The van der Waals surface area contributed by atoms with E-state index in [2.05, 4.69) is 9.99 Å². The maximum Gasteiger partial charge on any atom is 0.341 e. The van der Waals surface area contributed by atoms with Gasteiger partial charge < -0.3 is 4.84 Å². The van der Waals surface area contributed by atoms with Crippen LogP contribution in [0.4, 0.5) is 4.39 Å². The molecule has 1 heterocycles. The number of nitrogens with zero attached hydrogens (tertiary/aromatic N) is 1. The average molecular weight is 179 g/mol. The van der Waals surface area contributed by atoms with E-state index in [1.165, 1.54) is 12.1 Å². The van der Waals surface area contributed by atoms with Crippen molar-refractivity contribution in [3.05, 3.63) is 35.6 Å². The maximum atomic E-state index is 12.5. The molecule has 0 aromatic heterocycles. The zero-order valence-corrected chi connectivity index (χ0v) is 6.66. The van der Waals surface area contributed by atoms with Gasteiger partial charge in [0.2, 0.25) is 0 Å². The van der Waals surface area contributed by atoms with E-state index < -0.39 is 0 Å². The molecule has 0 atom stereocenters. The van der Waals surface area contributed by atoms with Crippen LogP contribution in [-0.4, -0.2) is 11.7 Å². The number of rotatable bonds is 1. The van der Waals surface area contributed by atoms with E-state index in [4.69, 9.17) is 0 Å². The Morgan fingerprint density at radius 2 is 2.00 bits per heavy atom. The van der Waals surface area contributed by atoms with Crippen molar-refractivity contribution in [2.24, 2.45) is 5.16 Å². The van der Waals surface area contributed by atoms with Gasteiger partial charge in [0.15, 0.2) is 0 Å². The molecule has 2 rings (SSSR count). The number of hydrogen-bond donors (Lipinski definition) is 0. The largest absolute Gasteiger partial charge is 0.341 e. The van der Waals surface area contributed by atoms with E-state index in [1.54, 1.807) is 12.1 Å². The third-order valence-corrected chi connectivity index (χ3v) is 1.75. The summed E-state index contributed by atoms with van der Waals surface area (Å²) in [5.74, 6) is -0.686. The molecule has 0 unspecified atom stereocenters. The van der Waals surface area contributed by atoms with Gasteiger partial charge in [-0.1, -0.05) is 17.3 Å². The van der Waals surface area contributed by atoms with Crippen LogP contribution in [0.15, 0.2) is 29.4 Å². The first-order valence-corrected chi connectivity index (χ1v) is 3.78. The standard InChI is InChI=1S/C9H6FNO2/c10-7-3-1-6(2-4-7)8-5-9(12)13-11-8/h1-4H,5H2. The van der Waals surface area contributed by atoms with Gasteiger partial charge in [-0.2, -0.15) is 0 Å². The van der Waals surface area contributed by atoms with Gasteiger partial charge in [0.05, 0.1) is 12.1 Å². The quantitative estimate of drug-likeness (QED) is 0.612. The molecule has 0 saturated carbocycles. The highest BCUT2D eigenvalue weighted by Crippen LogP contribution is 2.12. The number of oxime groups is 1. The molecule has 66 valence electrons. The summed E-state index contributed by atoms with van der Waals surface area (Å²) in [6, 6.07) is 5.77. The third-order valence-electron chi connectivity index (χ3n) is 1.75. The van der Waals surface area contributed by atoms with E-state index in [0.29, 0.717) is 11.3 Å². The number of benzene rings is 1. The number of carbonyl (C=O) groups is 1. The molecule has 0 amide bonds. The minimum atomic E-state index is -0.376. The zero-order chi connectivity index (χ0) is 9.26. The van der Waals surface area contributed by atoms with Crippen molar-refractivity contribution in [1.82, 2.24) is 0 Å². The highest BCUT2D eigenvalue weighted by atomic mass is 19.1. The van der Waals surface area contributed by atoms with Gasteiger partial charge in [-0.05, 0) is 12.1 Å². The van der Waals surface area contributed by atoms with E-state index in [1.807, 2.05) is 0 Å². The Balaban J connectivity index is 2.27. The molecule has 0 radical (unpaired) electrons. The first-order valence-electron chi connectivity index (χ1n) is 3.78. The lowest BCUT2D eigenvalue weighted by Gasteiger charge is -1.95. The molecule has 1 aliphatic rings. The molecule has 3 nitrogen and oxygen atoms in total. The zero-order valence-electron chi connectivity index (χ0n) is 6.66. The highest BCUT2D eigenvalue weighted by molar-refractivity contribution is 6.11. The van der Waals surface area contributed by atoms with Crippen LogP contribution >= 0.6 is 0 Å². The maximum absolute atomic E-state index is 12.5. The van der Waals surface area contributed by atoms with Gasteiger partial charge >= 0.3 is 5.97 Å². The molecule has 0 saturated heterocycles. The third kappa shape index (κ3) is 1.56. The van der Waals surface area contributed by atoms with Crippen molar-refractivity contribution in [2.45, 2.75) is 6.42 Å². The van der Waals surface area contributed by atoms with Crippen molar-refractivity contribution in [1.29, 1.82) is 0 Å². The van der Waals surface area contributed by atoms with Crippen LogP contribution in [0.1, 0.15) is 12.0 Å². The lowest BCUT2D eigenvalue weighted by Crippen LogP contribution is -2.00. The molecule has 0 spiro atoms. The summed E-state index contributed by atoms with van der Waals surface area (Å²) in [4.78, 5) is 15.1. The molecule has 4 heteroatoms. The monoisotopic (exact) mass is 179 g/mol. The fraction of sp³-hybridized carbons (Fsp3) is 0.111. The molecule has 13 heavy (non-hydrogen) atoms. The van der Waals surface area contributed by atoms with E-state index in [-0.39, 0.29) is 18.2 Å². The smallest absolute Gasteiger partial charge is 0.318 e. The van der Waals surface area contributed by atoms with E-state index >= 15 is 0 Å². The Labute approximate surface area is 73.8 Å². The lowest BCUT2D eigenvalue weighted by molar-refractivity contribution is -0.140. The molecular formula is C9H6FNO2. The first-order chi connectivity index (χ1) is 6.25. The Hall–Kier alpha value is -1.71. The Morgan fingerprint density at radius 3 is 2.54 bits per heavy atom. The second-order valence-corrected chi connectivity index (χ2v) is 2.68. The fourth-order valence-corrected chi connectivity index (χ4v) is 1.10. The minimum Gasteiger partial charge on any atom is -0.318 e. The van der Waals surface area contributed by atoms with Crippen molar-refractivity contribution in [3.8, 4) is 0 Å².